The topological polar surface area (TPSA) is 43.1 Å². The maximum absolute atomic E-state index is 12.2. The van der Waals surface area contributed by atoms with Crippen molar-refractivity contribution in [2.24, 2.45) is 5.73 Å². The summed E-state index contributed by atoms with van der Waals surface area (Å²) in [4.78, 5) is 12.2. The number of ketones is 1. The van der Waals surface area contributed by atoms with Gasteiger partial charge >= 0.3 is 0 Å². The van der Waals surface area contributed by atoms with Crippen molar-refractivity contribution in [1.82, 2.24) is 0 Å². The van der Waals surface area contributed by atoms with Crippen LogP contribution in [-0.4, -0.2) is 5.78 Å². The van der Waals surface area contributed by atoms with Gasteiger partial charge in [-0.25, -0.2) is 0 Å². The molecule has 0 spiro atoms. The molecule has 2 nitrogen and oxygen atoms in total. The number of benzene rings is 4. The number of Topliss-reactive ketones (excluding diaryl/α,β-unsaturated/α-hetero) is 1. The van der Waals surface area contributed by atoms with Gasteiger partial charge in [0.25, 0.3) is 0 Å². The average molecular weight is 454 g/mol. The summed E-state index contributed by atoms with van der Waals surface area (Å²) < 4.78 is 0. The second-order valence-corrected chi connectivity index (χ2v) is 7.87. The first-order valence-electron chi connectivity index (χ1n) is 11.4. The third kappa shape index (κ3) is 6.52. The lowest BCUT2D eigenvalue weighted by molar-refractivity contribution is 0.101. The summed E-state index contributed by atoms with van der Waals surface area (Å²) in [5, 5.41) is 4.52. The van der Waals surface area contributed by atoms with Crippen LogP contribution in [0.5, 0.6) is 0 Å². The highest BCUT2D eigenvalue weighted by Crippen LogP contribution is 2.33. The molecule has 0 aromatic heterocycles. The Morgan fingerprint density at radius 3 is 2.12 bits per heavy atom. The quantitative estimate of drug-likeness (QED) is 0.247. The van der Waals surface area contributed by atoms with Crippen molar-refractivity contribution in [2.45, 2.75) is 48.6 Å². The van der Waals surface area contributed by atoms with E-state index in [0.29, 0.717) is 6.54 Å². The van der Waals surface area contributed by atoms with E-state index in [1.807, 2.05) is 45.9 Å². The predicted octanol–water partition coefficient (Wildman–Crippen LogP) is 9.04. The van der Waals surface area contributed by atoms with Crippen LogP contribution in [0.25, 0.3) is 32.7 Å². The summed E-state index contributed by atoms with van der Waals surface area (Å²) in [7, 11) is 0. The fourth-order valence-electron chi connectivity index (χ4n) is 3.78. The van der Waals surface area contributed by atoms with Gasteiger partial charge in [-0.15, -0.1) is 0 Å². The number of aryl methyl sites for hydroxylation is 1. The minimum atomic E-state index is 0. The molecular weight excluding hydrogens is 414 g/mol. The Balaban J connectivity index is 0.000000645. The van der Waals surface area contributed by atoms with E-state index in [4.69, 9.17) is 5.73 Å². The summed E-state index contributed by atoms with van der Waals surface area (Å²) in [6.07, 6.45) is 1.72. The van der Waals surface area contributed by atoms with E-state index in [1.54, 1.807) is 13.0 Å². The van der Waals surface area contributed by atoms with Crippen LogP contribution in [-0.2, 0) is 6.54 Å². The summed E-state index contributed by atoms with van der Waals surface area (Å²) >= 11 is 0. The van der Waals surface area contributed by atoms with Gasteiger partial charge < -0.3 is 5.73 Å². The highest BCUT2D eigenvalue weighted by Gasteiger charge is 2.12. The fourth-order valence-corrected chi connectivity index (χ4v) is 3.78. The van der Waals surface area contributed by atoms with Crippen molar-refractivity contribution in [3.63, 3.8) is 0 Å². The van der Waals surface area contributed by atoms with E-state index in [9.17, 15) is 4.79 Å². The lowest BCUT2D eigenvalue weighted by Gasteiger charge is -2.12. The molecule has 0 radical (unpaired) electrons. The van der Waals surface area contributed by atoms with Crippen molar-refractivity contribution in [3.8, 4) is 11.1 Å². The number of hydrogen-bond acceptors (Lipinski definition) is 2. The zero-order valence-corrected chi connectivity index (χ0v) is 20.5. The minimum Gasteiger partial charge on any atom is -0.326 e. The average Bonchev–Trinajstić information content (AvgIpc) is 2.84. The molecule has 0 aliphatic rings. The van der Waals surface area contributed by atoms with E-state index in [1.165, 1.54) is 10.8 Å². The summed E-state index contributed by atoms with van der Waals surface area (Å²) in [5.74, 6) is 0.109. The highest BCUT2D eigenvalue weighted by atomic mass is 16.1. The van der Waals surface area contributed by atoms with Crippen LogP contribution in [0.3, 0.4) is 0 Å². The SMILES string of the molecule is C.C=CC(=C)C.CC.CC(=O)c1c(C)ccc2c(-c3ccc4cc(CN)ccc4c3)cccc12. The second-order valence-electron chi connectivity index (χ2n) is 7.87. The first-order chi connectivity index (χ1) is 15.8. The summed E-state index contributed by atoms with van der Waals surface area (Å²) in [6, 6.07) is 23.2. The first-order valence-corrected chi connectivity index (χ1v) is 11.4. The predicted molar refractivity (Wildman–Crippen MR) is 153 cm³/mol. The van der Waals surface area contributed by atoms with E-state index < -0.39 is 0 Å². The molecule has 0 unspecified atom stereocenters. The van der Waals surface area contributed by atoms with Gasteiger partial charge in [-0.3, -0.25) is 4.79 Å². The van der Waals surface area contributed by atoms with Crippen molar-refractivity contribution in [3.05, 3.63) is 108 Å². The Kier molecular flexibility index (Phi) is 11.1. The summed E-state index contributed by atoms with van der Waals surface area (Å²) in [5.41, 5.74) is 12.0. The van der Waals surface area contributed by atoms with Gasteiger partial charge in [0.1, 0.15) is 0 Å². The van der Waals surface area contributed by atoms with Crippen molar-refractivity contribution in [1.29, 1.82) is 0 Å². The van der Waals surface area contributed by atoms with Crippen LogP contribution in [0, 0.1) is 6.92 Å². The molecule has 0 heterocycles. The number of carbonyl (C=O) groups is 1. The van der Waals surface area contributed by atoms with Gasteiger partial charge in [0, 0.05) is 12.1 Å². The molecule has 2 heteroatoms. The standard InChI is InChI=1S/C24H21NO.C5H8.C2H6.CH4/c1-15-6-11-22-21(4-3-5-23(22)24(15)16(2)26)20-10-9-18-12-17(14-25)7-8-19(18)13-20;1-4-5(2)3;1-2;/h3-13H,14,25H2,1-2H3;4H,1-2H2,3H3;1-2H3;1H4. The maximum atomic E-state index is 12.2. The number of nitrogens with two attached hydrogens (primary N) is 1. The van der Waals surface area contributed by atoms with Crippen LogP contribution in [0.1, 0.15) is 56.6 Å². The zero-order chi connectivity index (χ0) is 24.5. The molecule has 4 aromatic rings. The van der Waals surface area contributed by atoms with E-state index in [-0.39, 0.29) is 13.2 Å². The van der Waals surface area contributed by atoms with Crippen LogP contribution < -0.4 is 5.73 Å². The van der Waals surface area contributed by atoms with Gasteiger partial charge in [-0.05, 0) is 76.7 Å². The maximum Gasteiger partial charge on any atom is 0.160 e. The van der Waals surface area contributed by atoms with Crippen molar-refractivity contribution >= 4 is 27.3 Å². The Labute approximate surface area is 205 Å². The van der Waals surface area contributed by atoms with E-state index in [2.05, 4.69) is 61.7 Å². The van der Waals surface area contributed by atoms with Crippen LogP contribution in [0.2, 0.25) is 0 Å². The van der Waals surface area contributed by atoms with Crippen LogP contribution in [0.4, 0.5) is 0 Å². The third-order valence-corrected chi connectivity index (χ3v) is 5.42. The number of fused-ring (bicyclic) bond motifs is 2. The lowest BCUT2D eigenvalue weighted by Crippen LogP contribution is -1.98. The minimum absolute atomic E-state index is 0. The number of allylic oxidation sites excluding steroid dienone is 2. The van der Waals surface area contributed by atoms with Gasteiger partial charge in [0.05, 0.1) is 0 Å². The summed E-state index contributed by atoms with van der Waals surface area (Å²) in [6.45, 7) is 17.1. The van der Waals surface area contributed by atoms with Crippen molar-refractivity contribution in [2.75, 3.05) is 0 Å². The molecular formula is C32H39NO. The number of carbonyl (C=O) groups excluding carboxylic acids is 1. The molecule has 4 aromatic carbocycles. The smallest absolute Gasteiger partial charge is 0.160 e. The number of hydrogen-bond donors (Lipinski definition) is 1. The Hall–Kier alpha value is -3.49. The molecule has 2 N–H and O–H groups in total. The number of rotatable bonds is 4. The molecule has 4 rings (SSSR count). The molecule has 0 saturated heterocycles. The molecule has 0 fully saturated rings. The fraction of sp³-hybridized carbons (Fsp3) is 0.219. The van der Waals surface area contributed by atoms with Gasteiger partial charge in [0.15, 0.2) is 5.78 Å². The molecule has 0 aliphatic heterocycles. The normalized spacial score (nSPS) is 9.71. The van der Waals surface area contributed by atoms with E-state index in [0.717, 1.165) is 44.2 Å². The Morgan fingerprint density at radius 1 is 0.912 bits per heavy atom. The van der Waals surface area contributed by atoms with Gasteiger partial charge in [-0.2, -0.15) is 0 Å². The van der Waals surface area contributed by atoms with Gasteiger partial charge in [0.2, 0.25) is 0 Å². The van der Waals surface area contributed by atoms with Crippen molar-refractivity contribution < 1.29 is 4.79 Å². The Morgan fingerprint density at radius 2 is 1.53 bits per heavy atom. The highest BCUT2D eigenvalue weighted by molar-refractivity contribution is 6.11. The molecule has 178 valence electrons. The lowest BCUT2D eigenvalue weighted by atomic mass is 9.91. The molecule has 0 amide bonds. The first kappa shape index (κ1) is 28.5. The molecule has 0 aliphatic carbocycles. The monoisotopic (exact) mass is 453 g/mol. The Bertz CT molecular complexity index is 1300. The molecule has 0 atom stereocenters. The van der Waals surface area contributed by atoms with Gasteiger partial charge in [-0.1, -0.05) is 101 Å². The largest absolute Gasteiger partial charge is 0.326 e. The molecule has 0 saturated carbocycles. The van der Waals surface area contributed by atoms with E-state index >= 15 is 0 Å². The molecule has 0 bridgehead atoms. The molecule has 34 heavy (non-hydrogen) atoms. The second kappa shape index (κ2) is 13.3. The van der Waals surface area contributed by atoms with Crippen LogP contribution >= 0.6 is 0 Å². The zero-order valence-electron chi connectivity index (χ0n) is 20.5. The third-order valence-electron chi connectivity index (χ3n) is 5.42. The van der Waals surface area contributed by atoms with Crippen LogP contribution in [0.15, 0.2) is 91.5 Å².